The second kappa shape index (κ2) is 3.32. The Hall–Kier alpha value is -0.520. The molecular weight excluding hydrogens is 188 g/mol. The van der Waals surface area contributed by atoms with E-state index in [1.54, 1.807) is 32.2 Å². The number of ether oxygens (including phenoxy) is 2. The van der Waals surface area contributed by atoms with Crippen molar-refractivity contribution < 1.29 is 9.47 Å². The number of hydrogen-bond donors (Lipinski definition) is 0. The van der Waals surface area contributed by atoms with Gasteiger partial charge in [0.05, 0.1) is 12.3 Å². The summed E-state index contributed by atoms with van der Waals surface area (Å²) >= 11 is 1.65. The highest BCUT2D eigenvalue weighted by molar-refractivity contribution is 7.99. The molecule has 13 heavy (non-hydrogen) atoms. The number of rotatable bonds is 2. The van der Waals surface area contributed by atoms with E-state index in [-0.39, 0.29) is 0 Å². The molecule has 5 heteroatoms. The van der Waals surface area contributed by atoms with Crippen molar-refractivity contribution in [2.24, 2.45) is 0 Å². The zero-order chi connectivity index (χ0) is 9.31. The molecule has 2 heterocycles. The number of nitrogens with zero attached hydrogens (tertiary/aromatic N) is 2. The molecule has 0 saturated carbocycles. The molecule has 0 unspecified atom stereocenters. The highest BCUT2D eigenvalue weighted by Crippen LogP contribution is 2.31. The summed E-state index contributed by atoms with van der Waals surface area (Å²) in [7, 11) is 3.35. The van der Waals surface area contributed by atoms with Crippen LogP contribution in [0.3, 0.4) is 0 Å². The largest absolute Gasteiger partial charge is 0.351 e. The fourth-order valence-corrected chi connectivity index (χ4v) is 2.47. The Labute approximate surface area is 81.2 Å². The zero-order valence-electron chi connectivity index (χ0n) is 7.69. The molecule has 0 bridgehead atoms. The van der Waals surface area contributed by atoms with Gasteiger partial charge >= 0.3 is 0 Å². The minimum atomic E-state index is -0.488. The third-order valence-electron chi connectivity index (χ3n) is 2.25. The molecule has 0 saturated heterocycles. The van der Waals surface area contributed by atoms with Crippen LogP contribution in [-0.2, 0) is 16.0 Å². The van der Waals surface area contributed by atoms with Crippen molar-refractivity contribution in [3.05, 3.63) is 12.4 Å². The standard InChI is InChI=1S/C8H12N2O2S/c1-11-8(12-2)5-10-4-3-9-7(10)13-6-8/h3-4H,5-6H2,1-2H3. The van der Waals surface area contributed by atoms with Gasteiger partial charge in [0, 0.05) is 26.6 Å². The van der Waals surface area contributed by atoms with Gasteiger partial charge in [-0.2, -0.15) is 0 Å². The van der Waals surface area contributed by atoms with E-state index in [0.29, 0.717) is 6.54 Å². The lowest BCUT2D eigenvalue weighted by molar-refractivity contribution is -0.200. The number of hydrogen-bond acceptors (Lipinski definition) is 4. The molecule has 1 aliphatic rings. The first kappa shape index (κ1) is 9.05. The van der Waals surface area contributed by atoms with Crippen LogP contribution in [-0.4, -0.2) is 35.3 Å². The van der Waals surface area contributed by atoms with Crippen LogP contribution in [0.25, 0.3) is 0 Å². The van der Waals surface area contributed by atoms with Crippen molar-refractivity contribution in [2.75, 3.05) is 20.0 Å². The van der Waals surface area contributed by atoms with Gasteiger partial charge in [-0.3, -0.25) is 0 Å². The van der Waals surface area contributed by atoms with Crippen LogP contribution < -0.4 is 0 Å². The zero-order valence-corrected chi connectivity index (χ0v) is 8.50. The molecular formula is C8H12N2O2S. The molecule has 1 aromatic rings. The number of thioether (sulfide) groups is 1. The smallest absolute Gasteiger partial charge is 0.195 e. The van der Waals surface area contributed by atoms with E-state index in [0.717, 1.165) is 10.9 Å². The van der Waals surface area contributed by atoms with Crippen molar-refractivity contribution in [2.45, 2.75) is 17.5 Å². The van der Waals surface area contributed by atoms with E-state index in [1.165, 1.54) is 0 Å². The molecule has 0 amide bonds. The molecule has 0 spiro atoms. The van der Waals surface area contributed by atoms with Crippen molar-refractivity contribution >= 4 is 11.8 Å². The third-order valence-corrected chi connectivity index (χ3v) is 3.44. The average Bonchev–Trinajstić information content (AvgIpc) is 2.64. The summed E-state index contributed by atoms with van der Waals surface area (Å²) in [5.41, 5.74) is 0. The van der Waals surface area contributed by atoms with Crippen LogP contribution in [0.2, 0.25) is 0 Å². The van der Waals surface area contributed by atoms with Crippen LogP contribution in [0.5, 0.6) is 0 Å². The monoisotopic (exact) mass is 200 g/mol. The molecule has 72 valence electrons. The Balaban J connectivity index is 2.24. The van der Waals surface area contributed by atoms with Gasteiger partial charge in [0.1, 0.15) is 0 Å². The lowest BCUT2D eigenvalue weighted by atomic mass is 10.3. The van der Waals surface area contributed by atoms with Crippen molar-refractivity contribution in [3.63, 3.8) is 0 Å². The van der Waals surface area contributed by atoms with Gasteiger partial charge in [-0.05, 0) is 0 Å². The highest BCUT2D eigenvalue weighted by Gasteiger charge is 2.35. The Morgan fingerprint density at radius 1 is 1.54 bits per heavy atom. The minimum absolute atomic E-state index is 0.488. The first-order valence-corrected chi connectivity index (χ1v) is 5.02. The van der Waals surface area contributed by atoms with Gasteiger partial charge < -0.3 is 14.0 Å². The Morgan fingerprint density at radius 3 is 3.00 bits per heavy atom. The molecule has 0 N–H and O–H groups in total. The van der Waals surface area contributed by atoms with Gasteiger partial charge in [-0.25, -0.2) is 4.98 Å². The molecule has 4 nitrogen and oxygen atoms in total. The molecule has 0 aliphatic carbocycles. The summed E-state index contributed by atoms with van der Waals surface area (Å²) in [6.45, 7) is 0.711. The van der Waals surface area contributed by atoms with Crippen LogP contribution in [0.1, 0.15) is 0 Å². The van der Waals surface area contributed by atoms with Gasteiger partial charge in [-0.15, -0.1) is 0 Å². The predicted octanol–water partition coefficient (Wildman–Crippen LogP) is 0.978. The van der Waals surface area contributed by atoms with Crippen LogP contribution >= 0.6 is 11.8 Å². The maximum absolute atomic E-state index is 5.36. The van der Waals surface area contributed by atoms with E-state index in [1.807, 2.05) is 10.8 Å². The molecule has 1 aliphatic heterocycles. The molecule has 2 rings (SSSR count). The maximum Gasteiger partial charge on any atom is 0.195 e. The van der Waals surface area contributed by atoms with Gasteiger partial charge in [-0.1, -0.05) is 11.8 Å². The van der Waals surface area contributed by atoms with Crippen LogP contribution in [0.4, 0.5) is 0 Å². The lowest BCUT2D eigenvalue weighted by Crippen LogP contribution is -2.43. The van der Waals surface area contributed by atoms with Gasteiger partial charge in [0.2, 0.25) is 0 Å². The van der Waals surface area contributed by atoms with E-state index in [9.17, 15) is 0 Å². The number of fused-ring (bicyclic) bond motifs is 1. The molecule has 0 atom stereocenters. The molecule has 1 aromatic heterocycles. The highest BCUT2D eigenvalue weighted by atomic mass is 32.2. The van der Waals surface area contributed by atoms with Crippen molar-refractivity contribution in [3.8, 4) is 0 Å². The summed E-state index contributed by atoms with van der Waals surface area (Å²) < 4.78 is 12.8. The topological polar surface area (TPSA) is 36.3 Å². The summed E-state index contributed by atoms with van der Waals surface area (Å²) in [4.78, 5) is 4.21. The molecule has 0 radical (unpaired) electrons. The number of imidazole rings is 1. The van der Waals surface area contributed by atoms with Gasteiger partial charge in [0.15, 0.2) is 10.9 Å². The van der Waals surface area contributed by atoms with E-state index >= 15 is 0 Å². The summed E-state index contributed by atoms with van der Waals surface area (Å²) in [6.07, 6.45) is 3.73. The minimum Gasteiger partial charge on any atom is -0.351 e. The fourth-order valence-electron chi connectivity index (χ4n) is 1.37. The second-order valence-electron chi connectivity index (χ2n) is 2.95. The maximum atomic E-state index is 5.36. The van der Waals surface area contributed by atoms with Crippen molar-refractivity contribution in [1.82, 2.24) is 9.55 Å². The van der Waals surface area contributed by atoms with E-state index < -0.39 is 5.79 Å². The molecule has 0 aromatic carbocycles. The van der Waals surface area contributed by atoms with E-state index in [2.05, 4.69) is 4.98 Å². The Morgan fingerprint density at radius 2 is 2.31 bits per heavy atom. The summed E-state index contributed by atoms with van der Waals surface area (Å²) in [6, 6.07) is 0. The lowest BCUT2D eigenvalue weighted by Gasteiger charge is -2.34. The normalized spacial score (nSPS) is 19.8. The first-order chi connectivity index (χ1) is 6.29. The SMILES string of the molecule is COC1(OC)CSc2nccn2C1. The third kappa shape index (κ3) is 1.47. The predicted molar refractivity (Wildman–Crippen MR) is 49.7 cm³/mol. The quantitative estimate of drug-likeness (QED) is 0.667. The van der Waals surface area contributed by atoms with E-state index in [4.69, 9.17) is 9.47 Å². The summed E-state index contributed by atoms with van der Waals surface area (Å²) in [5, 5.41) is 1.03. The second-order valence-corrected chi connectivity index (χ2v) is 3.89. The fraction of sp³-hybridized carbons (Fsp3) is 0.625. The number of methoxy groups -OCH3 is 2. The average molecular weight is 200 g/mol. The van der Waals surface area contributed by atoms with Crippen molar-refractivity contribution in [1.29, 1.82) is 0 Å². The van der Waals surface area contributed by atoms with Crippen LogP contribution in [0.15, 0.2) is 17.6 Å². The molecule has 0 fully saturated rings. The Kier molecular flexibility index (Phi) is 2.31. The first-order valence-electron chi connectivity index (χ1n) is 4.04. The van der Waals surface area contributed by atoms with Crippen LogP contribution in [0, 0.1) is 0 Å². The van der Waals surface area contributed by atoms with Gasteiger partial charge in [0.25, 0.3) is 0 Å². The number of aromatic nitrogens is 2. The Bertz CT molecular complexity index is 296. The summed E-state index contributed by atoms with van der Waals surface area (Å²) in [5.74, 6) is 0.301.